The van der Waals surface area contributed by atoms with E-state index in [1.165, 1.54) is 0 Å². The number of carbonyl (C=O) groups is 2. The average Bonchev–Trinajstić information content (AvgIpc) is 3.93. The first-order valence-corrected chi connectivity index (χ1v) is 20.1. The molecule has 0 spiro atoms. The molecule has 16 nitrogen and oxygen atoms in total. The van der Waals surface area contributed by atoms with Crippen molar-refractivity contribution in [2.45, 2.75) is 6.54 Å². The number of anilines is 3. The van der Waals surface area contributed by atoms with Gasteiger partial charge in [-0.3, -0.25) is 9.59 Å². The largest absolute Gasteiger partial charge is 0.378 e. The number of aromatic amines is 1. The number of amides is 2. The highest BCUT2D eigenvalue weighted by atomic mass is 16.5. The number of carbonyl (C=O) groups excluding carboxylic acids is 2. The van der Waals surface area contributed by atoms with Gasteiger partial charge in [-0.2, -0.15) is 0 Å². The number of hydrogen-bond acceptors (Lipinski definition) is 12. The highest BCUT2D eigenvalue weighted by molar-refractivity contribution is 6.02. The van der Waals surface area contributed by atoms with E-state index in [-0.39, 0.29) is 17.6 Å². The van der Waals surface area contributed by atoms with Crippen molar-refractivity contribution in [1.82, 2.24) is 44.8 Å². The van der Waals surface area contributed by atoms with E-state index >= 15 is 0 Å². The summed E-state index contributed by atoms with van der Waals surface area (Å²) in [5, 5.41) is 7.67. The second-order valence-electron chi connectivity index (χ2n) is 14.7. The lowest BCUT2D eigenvalue weighted by Gasteiger charge is -2.28. The van der Waals surface area contributed by atoms with Crippen LogP contribution in [-0.2, 0) is 16.0 Å². The molecule has 0 aliphatic carbocycles. The Hall–Kier alpha value is -7.56. The van der Waals surface area contributed by atoms with Crippen LogP contribution in [0.5, 0.6) is 0 Å². The van der Waals surface area contributed by atoms with E-state index in [0.717, 1.165) is 87.5 Å². The third kappa shape index (κ3) is 7.84. The molecule has 304 valence electrons. The molecule has 0 atom stereocenters. The van der Waals surface area contributed by atoms with Crippen LogP contribution in [0.4, 0.5) is 17.1 Å². The molecule has 16 heteroatoms. The maximum atomic E-state index is 13.5. The van der Waals surface area contributed by atoms with Gasteiger partial charge in [0.25, 0.3) is 11.8 Å². The molecule has 2 aliphatic heterocycles. The first-order chi connectivity index (χ1) is 30.0. The number of aromatic nitrogens is 8. The molecular formula is C45H40N12O4. The summed E-state index contributed by atoms with van der Waals surface area (Å²) in [4.78, 5) is 61.6. The number of H-pyrrole nitrogens is 1. The van der Waals surface area contributed by atoms with Crippen LogP contribution in [0, 0.1) is 0 Å². The van der Waals surface area contributed by atoms with E-state index in [9.17, 15) is 9.59 Å². The number of benzene rings is 2. The number of hydrogen-bond donors (Lipinski definition) is 3. The van der Waals surface area contributed by atoms with E-state index in [4.69, 9.17) is 14.5 Å². The molecule has 3 N–H and O–H groups in total. The van der Waals surface area contributed by atoms with Gasteiger partial charge in [-0.15, -0.1) is 0 Å². The molecule has 8 heterocycles. The summed E-state index contributed by atoms with van der Waals surface area (Å²) < 4.78 is 13.1. The molecule has 0 saturated carbocycles. The van der Waals surface area contributed by atoms with E-state index in [1.54, 1.807) is 24.8 Å². The second-order valence-corrected chi connectivity index (χ2v) is 14.7. The summed E-state index contributed by atoms with van der Waals surface area (Å²) in [6, 6.07) is 21.4. The van der Waals surface area contributed by atoms with Crippen LogP contribution in [0.3, 0.4) is 0 Å². The number of pyridine rings is 2. The van der Waals surface area contributed by atoms with Gasteiger partial charge in [-0.05, 0) is 35.9 Å². The Bertz CT molecular complexity index is 2850. The molecule has 2 saturated heterocycles. The molecule has 10 rings (SSSR count). The van der Waals surface area contributed by atoms with Gasteiger partial charge >= 0.3 is 0 Å². The Kier molecular flexibility index (Phi) is 10.3. The first kappa shape index (κ1) is 37.7. The standard InChI is InChI=1S/C45H40N12O4/c58-44(53-20-29-5-2-1-3-6-29)41-46-23-31(24-47-41)39-28-57(43-37(39)19-35(26-52-43)56-11-15-61-16-12-56)33-8-4-7-32(17-33)54-45(59)42-48-21-30(22-49-42)38-27-51-40-36(38)18-34(25-50-40)55-9-13-60-14-10-55/h1-8,17-19,21-28H,9-16,20H2,(H,50,51)(H,53,58)(H,54,59). The van der Waals surface area contributed by atoms with Gasteiger partial charge in [-0.25, -0.2) is 29.9 Å². The van der Waals surface area contributed by atoms with Crippen LogP contribution in [0.2, 0.25) is 0 Å². The fourth-order valence-electron chi connectivity index (χ4n) is 7.69. The topological polar surface area (TPSA) is 181 Å². The van der Waals surface area contributed by atoms with Crippen molar-refractivity contribution >= 4 is 50.9 Å². The highest BCUT2D eigenvalue weighted by Gasteiger charge is 2.20. The number of nitrogens with zero attached hydrogens (tertiary/aromatic N) is 9. The average molecular weight is 813 g/mol. The minimum Gasteiger partial charge on any atom is -0.378 e. The van der Waals surface area contributed by atoms with Gasteiger partial charge in [0.2, 0.25) is 11.6 Å². The minimum absolute atomic E-state index is 0.0318. The lowest BCUT2D eigenvalue weighted by atomic mass is 10.1. The van der Waals surface area contributed by atoms with Gasteiger partial charge in [0.1, 0.15) is 11.3 Å². The maximum Gasteiger partial charge on any atom is 0.293 e. The SMILES string of the molecule is O=C(NCc1ccccc1)c1ncc(-c2cn(-c3cccc(NC(=O)c4ncc(-c5c[nH]c6ncc(N7CCOCC7)cc56)cn4)c3)c3ncc(N4CCOCC4)cc23)cn1. The van der Waals surface area contributed by atoms with E-state index in [1.807, 2.05) is 84.0 Å². The van der Waals surface area contributed by atoms with Crippen LogP contribution in [-0.4, -0.2) is 104 Å². The van der Waals surface area contributed by atoms with Gasteiger partial charge < -0.3 is 39.5 Å². The summed E-state index contributed by atoms with van der Waals surface area (Å²) >= 11 is 0. The molecule has 2 aliphatic rings. The van der Waals surface area contributed by atoms with E-state index in [0.29, 0.717) is 44.3 Å². The van der Waals surface area contributed by atoms with Crippen molar-refractivity contribution in [3.05, 3.63) is 134 Å². The zero-order valence-corrected chi connectivity index (χ0v) is 33.0. The van der Waals surface area contributed by atoms with Crippen LogP contribution >= 0.6 is 0 Å². The lowest BCUT2D eigenvalue weighted by molar-refractivity contribution is 0.0939. The van der Waals surface area contributed by atoms with Crippen molar-refractivity contribution in [3.8, 4) is 27.9 Å². The van der Waals surface area contributed by atoms with Crippen LogP contribution in [0.15, 0.2) is 116 Å². The van der Waals surface area contributed by atoms with Crippen molar-refractivity contribution in [1.29, 1.82) is 0 Å². The molecule has 6 aromatic heterocycles. The number of ether oxygens (including phenoxy) is 2. The van der Waals surface area contributed by atoms with Crippen LogP contribution in [0.1, 0.15) is 26.8 Å². The second kappa shape index (κ2) is 16.6. The number of rotatable bonds is 10. The van der Waals surface area contributed by atoms with Gasteiger partial charge in [0.15, 0.2) is 0 Å². The summed E-state index contributed by atoms with van der Waals surface area (Å²) in [5.41, 5.74) is 8.96. The smallest absolute Gasteiger partial charge is 0.293 e. The Morgan fingerprint density at radius 3 is 1.93 bits per heavy atom. The summed E-state index contributed by atoms with van der Waals surface area (Å²) in [6.07, 6.45) is 14.2. The third-order valence-electron chi connectivity index (χ3n) is 10.9. The lowest BCUT2D eigenvalue weighted by Crippen LogP contribution is -2.36. The molecule has 2 fully saturated rings. The Balaban J connectivity index is 0.901. The van der Waals surface area contributed by atoms with Gasteiger partial charge in [0.05, 0.1) is 50.2 Å². The normalized spacial score (nSPS) is 14.4. The summed E-state index contributed by atoms with van der Waals surface area (Å²) in [5.74, 6) is -0.704. The minimum atomic E-state index is -0.449. The van der Waals surface area contributed by atoms with Crippen LogP contribution < -0.4 is 20.4 Å². The van der Waals surface area contributed by atoms with Crippen molar-refractivity contribution < 1.29 is 19.1 Å². The quantitative estimate of drug-likeness (QED) is 0.154. The molecular weight excluding hydrogens is 773 g/mol. The number of morpholine rings is 2. The fourth-order valence-corrected chi connectivity index (χ4v) is 7.69. The van der Waals surface area contributed by atoms with Crippen molar-refractivity contribution in [2.24, 2.45) is 0 Å². The molecule has 0 unspecified atom stereocenters. The Labute approximate surface area is 349 Å². The van der Waals surface area contributed by atoms with E-state index in [2.05, 4.69) is 62.5 Å². The first-order valence-electron chi connectivity index (χ1n) is 20.1. The monoisotopic (exact) mass is 812 g/mol. The van der Waals surface area contributed by atoms with E-state index < -0.39 is 5.91 Å². The third-order valence-corrected chi connectivity index (χ3v) is 10.9. The molecule has 2 amide bonds. The summed E-state index contributed by atoms with van der Waals surface area (Å²) in [6.45, 7) is 6.13. The Morgan fingerprint density at radius 1 is 0.623 bits per heavy atom. The number of fused-ring (bicyclic) bond motifs is 2. The number of nitrogens with one attached hydrogen (secondary N) is 3. The van der Waals surface area contributed by atoms with Crippen molar-refractivity contribution in [3.63, 3.8) is 0 Å². The van der Waals surface area contributed by atoms with Crippen LogP contribution in [0.25, 0.3) is 50.0 Å². The maximum absolute atomic E-state index is 13.5. The highest BCUT2D eigenvalue weighted by Crippen LogP contribution is 2.35. The molecule has 2 aromatic carbocycles. The predicted molar refractivity (Wildman–Crippen MR) is 231 cm³/mol. The zero-order valence-electron chi connectivity index (χ0n) is 33.0. The molecule has 8 aromatic rings. The zero-order chi connectivity index (χ0) is 41.1. The predicted octanol–water partition coefficient (Wildman–Crippen LogP) is 5.67. The molecule has 0 bridgehead atoms. The Morgan fingerprint density at radius 2 is 1.25 bits per heavy atom. The molecule has 0 radical (unpaired) electrons. The fraction of sp³-hybridized carbons (Fsp3) is 0.200. The molecule has 61 heavy (non-hydrogen) atoms. The van der Waals surface area contributed by atoms with Crippen molar-refractivity contribution in [2.75, 3.05) is 67.7 Å². The van der Waals surface area contributed by atoms with Gasteiger partial charge in [0, 0.05) is 114 Å². The summed E-state index contributed by atoms with van der Waals surface area (Å²) in [7, 11) is 0. The van der Waals surface area contributed by atoms with Gasteiger partial charge in [-0.1, -0.05) is 36.4 Å².